The lowest BCUT2D eigenvalue weighted by Crippen LogP contribution is -2.40. The van der Waals surface area contributed by atoms with E-state index < -0.39 is 0 Å². The van der Waals surface area contributed by atoms with E-state index in [1.165, 1.54) is 29.0 Å². The maximum atomic E-state index is 12.9. The highest BCUT2D eigenvalue weighted by atomic mass is 32.1. The summed E-state index contributed by atoms with van der Waals surface area (Å²) in [5.74, 6) is 0.127. The Hall–Kier alpha value is -1.50. The number of carbonyl (C=O) groups is 1. The van der Waals surface area contributed by atoms with E-state index in [0.29, 0.717) is 6.54 Å². The number of hydrogen-bond donors (Lipinski definition) is 0. The summed E-state index contributed by atoms with van der Waals surface area (Å²) in [6.45, 7) is 2.55. The summed E-state index contributed by atoms with van der Waals surface area (Å²) in [6.07, 6.45) is 4.50. The zero-order chi connectivity index (χ0) is 16.4. The molecule has 1 atom stereocenters. The largest absolute Gasteiger partial charge is 0.294 e. The van der Waals surface area contributed by atoms with Crippen LogP contribution in [-0.4, -0.2) is 41.2 Å². The molecule has 2 aromatic heterocycles. The maximum absolute atomic E-state index is 12.9. The van der Waals surface area contributed by atoms with E-state index in [0.717, 1.165) is 25.2 Å². The average Bonchev–Trinajstić information content (AvgIpc) is 3.35. The van der Waals surface area contributed by atoms with Crippen LogP contribution in [-0.2, 0) is 4.79 Å². The number of thiophene rings is 2. The van der Waals surface area contributed by atoms with Crippen molar-refractivity contribution in [2.45, 2.75) is 31.7 Å². The number of hydrazone groups is 1. The van der Waals surface area contributed by atoms with Gasteiger partial charge in [-0.05, 0) is 48.8 Å². The zero-order valence-electron chi connectivity index (χ0n) is 13.6. The van der Waals surface area contributed by atoms with E-state index >= 15 is 0 Å². The summed E-state index contributed by atoms with van der Waals surface area (Å²) >= 11 is 3.40. The van der Waals surface area contributed by atoms with Gasteiger partial charge in [-0.2, -0.15) is 5.10 Å². The standard InChI is InChI=1S/C18H21N3OS2/c22-18(13-20-8-2-1-3-9-20)21-15(17-7-5-11-24-17)12-14(19-21)16-6-4-10-23-16/h4-7,10-11,15H,1-3,8-9,12-13H2/t15-/m1/s1. The van der Waals surface area contributed by atoms with E-state index in [2.05, 4.69) is 33.9 Å². The van der Waals surface area contributed by atoms with Crippen LogP contribution in [0.3, 0.4) is 0 Å². The second kappa shape index (κ2) is 7.17. The SMILES string of the molecule is O=C(CN1CCCCC1)N1N=C(c2cccs2)C[C@@H]1c1cccs1. The average molecular weight is 360 g/mol. The summed E-state index contributed by atoms with van der Waals surface area (Å²) in [4.78, 5) is 17.6. The molecule has 1 fully saturated rings. The summed E-state index contributed by atoms with van der Waals surface area (Å²) < 4.78 is 0. The van der Waals surface area contributed by atoms with E-state index in [4.69, 9.17) is 5.10 Å². The number of carbonyl (C=O) groups excluding carboxylic acids is 1. The molecule has 0 aliphatic carbocycles. The van der Waals surface area contributed by atoms with Crippen molar-refractivity contribution in [1.82, 2.24) is 9.91 Å². The lowest BCUT2D eigenvalue weighted by atomic mass is 10.1. The molecule has 2 aromatic rings. The van der Waals surface area contributed by atoms with E-state index in [-0.39, 0.29) is 11.9 Å². The van der Waals surface area contributed by atoms with Gasteiger partial charge in [-0.1, -0.05) is 18.6 Å². The summed E-state index contributed by atoms with van der Waals surface area (Å²) in [7, 11) is 0. The Balaban J connectivity index is 1.55. The van der Waals surface area contributed by atoms with Gasteiger partial charge in [0, 0.05) is 11.3 Å². The third kappa shape index (κ3) is 3.31. The molecule has 2 aliphatic rings. The van der Waals surface area contributed by atoms with Crippen molar-refractivity contribution in [2.24, 2.45) is 5.10 Å². The highest BCUT2D eigenvalue weighted by molar-refractivity contribution is 7.12. The first kappa shape index (κ1) is 16.0. The minimum atomic E-state index is 0.0550. The van der Waals surface area contributed by atoms with Gasteiger partial charge in [0.05, 0.1) is 23.2 Å². The summed E-state index contributed by atoms with van der Waals surface area (Å²) in [5, 5.41) is 10.6. The minimum absolute atomic E-state index is 0.0550. The highest BCUT2D eigenvalue weighted by Gasteiger charge is 2.34. The van der Waals surface area contributed by atoms with Gasteiger partial charge in [-0.15, -0.1) is 22.7 Å². The first-order valence-corrected chi connectivity index (χ1v) is 10.3. The van der Waals surface area contributed by atoms with Gasteiger partial charge in [0.15, 0.2) is 0 Å². The Morgan fingerprint density at radius 2 is 1.92 bits per heavy atom. The summed E-state index contributed by atoms with van der Waals surface area (Å²) in [5.41, 5.74) is 1.04. The van der Waals surface area contributed by atoms with Crippen molar-refractivity contribution in [2.75, 3.05) is 19.6 Å². The molecule has 0 saturated carbocycles. The van der Waals surface area contributed by atoms with E-state index in [1.807, 2.05) is 6.07 Å². The third-order valence-corrected chi connectivity index (χ3v) is 6.54. The molecule has 0 unspecified atom stereocenters. The molecular weight excluding hydrogens is 338 g/mol. The van der Waals surface area contributed by atoms with Crippen LogP contribution < -0.4 is 0 Å². The second-order valence-corrected chi connectivity index (χ2v) is 8.26. The molecule has 24 heavy (non-hydrogen) atoms. The fourth-order valence-electron chi connectivity index (χ4n) is 3.42. The molecule has 0 radical (unpaired) electrons. The van der Waals surface area contributed by atoms with Gasteiger partial charge in [-0.25, -0.2) is 5.01 Å². The Bertz CT molecular complexity index is 703. The fraction of sp³-hybridized carbons (Fsp3) is 0.444. The predicted octanol–water partition coefficient (Wildman–Crippen LogP) is 3.97. The first-order valence-electron chi connectivity index (χ1n) is 8.50. The van der Waals surface area contributed by atoms with Gasteiger partial charge in [0.1, 0.15) is 0 Å². The van der Waals surface area contributed by atoms with Gasteiger partial charge in [0.2, 0.25) is 0 Å². The molecule has 4 rings (SSSR count). The van der Waals surface area contributed by atoms with Crippen molar-refractivity contribution in [3.8, 4) is 0 Å². The smallest absolute Gasteiger partial charge is 0.257 e. The second-order valence-electron chi connectivity index (χ2n) is 6.33. The molecule has 4 nitrogen and oxygen atoms in total. The predicted molar refractivity (Wildman–Crippen MR) is 99.7 cm³/mol. The number of rotatable bonds is 4. The topological polar surface area (TPSA) is 35.9 Å². The van der Waals surface area contributed by atoms with Crippen LogP contribution in [0.15, 0.2) is 40.1 Å². The number of piperidine rings is 1. The molecule has 4 heterocycles. The maximum Gasteiger partial charge on any atom is 0.257 e. The lowest BCUT2D eigenvalue weighted by molar-refractivity contribution is -0.134. The molecule has 6 heteroatoms. The molecule has 0 bridgehead atoms. The van der Waals surface area contributed by atoms with Crippen molar-refractivity contribution in [3.05, 3.63) is 44.8 Å². The van der Waals surface area contributed by atoms with Crippen LogP contribution in [0.25, 0.3) is 0 Å². The van der Waals surface area contributed by atoms with Crippen molar-refractivity contribution >= 4 is 34.3 Å². The Morgan fingerprint density at radius 1 is 1.12 bits per heavy atom. The fourth-order valence-corrected chi connectivity index (χ4v) is 4.95. The van der Waals surface area contributed by atoms with Crippen LogP contribution in [0.5, 0.6) is 0 Å². The normalized spacial score (nSPS) is 21.9. The van der Waals surface area contributed by atoms with Gasteiger partial charge in [-0.3, -0.25) is 9.69 Å². The molecule has 0 spiro atoms. The highest BCUT2D eigenvalue weighted by Crippen LogP contribution is 2.36. The monoisotopic (exact) mass is 359 g/mol. The number of amides is 1. The number of nitrogens with zero attached hydrogens (tertiary/aromatic N) is 3. The van der Waals surface area contributed by atoms with Crippen LogP contribution >= 0.6 is 22.7 Å². The van der Waals surface area contributed by atoms with E-state index in [1.54, 1.807) is 27.7 Å². The van der Waals surface area contributed by atoms with Crippen molar-refractivity contribution < 1.29 is 4.79 Å². The van der Waals surface area contributed by atoms with E-state index in [9.17, 15) is 4.79 Å². The van der Waals surface area contributed by atoms with Crippen molar-refractivity contribution in [3.63, 3.8) is 0 Å². The molecule has 1 amide bonds. The Kier molecular flexibility index (Phi) is 4.78. The quantitative estimate of drug-likeness (QED) is 0.828. The van der Waals surface area contributed by atoms with Crippen molar-refractivity contribution in [1.29, 1.82) is 0 Å². The molecule has 0 aromatic carbocycles. The van der Waals surface area contributed by atoms with Crippen LogP contribution in [0.1, 0.15) is 41.5 Å². The van der Waals surface area contributed by atoms with Crippen LogP contribution in [0, 0.1) is 0 Å². The Morgan fingerprint density at radius 3 is 2.62 bits per heavy atom. The molecule has 126 valence electrons. The van der Waals surface area contributed by atoms with Crippen LogP contribution in [0.4, 0.5) is 0 Å². The van der Waals surface area contributed by atoms with Crippen LogP contribution in [0.2, 0.25) is 0 Å². The molecule has 2 aliphatic heterocycles. The number of likely N-dealkylation sites (tertiary alicyclic amines) is 1. The summed E-state index contributed by atoms with van der Waals surface area (Å²) in [6, 6.07) is 8.35. The lowest BCUT2D eigenvalue weighted by Gasteiger charge is -2.28. The van der Waals surface area contributed by atoms with Gasteiger partial charge in [0.25, 0.3) is 5.91 Å². The third-order valence-electron chi connectivity index (χ3n) is 4.65. The first-order chi connectivity index (χ1) is 11.8. The molecule has 0 N–H and O–H groups in total. The molecule has 1 saturated heterocycles. The number of hydrogen-bond acceptors (Lipinski definition) is 5. The van der Waals surface area contributed by atoms with Gasteiger partial charge >= 0.3 is 0 Å². The minimum Gasteiger partial charge on any atom is -0.294 e. The zero-order valence-corrected chi connectivity index (χ0v) is 15.2. The molecular formula is C18H21N3OS2. The van der Waals surface area contributed by atoms with Gasteiger partial charge < -0.3 is 0 Å². The Labute approximate surface area is 150 Å².